The first-order valence-electron chi connectivity index (χ1n) is 9.74. The number of aromatic amines is 1. The third kappa shape index (κ3) is 3.34. The Labute approximate surface area is 170 Å². The smallest absolute Gasteiger partial charge is 0.256 e. The molecule has 2 aromatic heterocycles. The first kappa shape index (κ1) is 18.5. The number of likely N-dealkylation sites (tertiary alicyclic amines) is 1. The molecule has 5 rings (SSSR count). The largest absolute Gasteiger partial charge is 0.352 e. The van der Waals surface area contributed by atoms with Crippen molar-refractivity contribution in [3.05, 3.63) is 71.6 Å². The van der Waals surface area contributed by atoms with E-state index < -0.39 is 17.5 Å². The highest BCUT2D eigenvalue weighted by molar-refractivity contribution is 5.94. The van der Waals surface area contributed by atoms with Crippen LogP contribution >= 0.6 is 0 Å². The Bertz CT molecular complexity index is 1200. The van der Waals surface area contributed by atoms with Crippen molar-refractivity contribution in [3.8, 4) is 11.5 Å². The molecule has 0 radical (unpaired) electrons. The van der Waals surface area contributed by atoms with Crippen molar-refractivity contribution in [1.82, 2.24) is 20.0 Å². The average Bonchev–Trinajstić information content (AvgIpc) is 3.40. The lowest BCUT2D eigenvalue weighted by Gasteiger charge is -2.31. The van der Waals surface area contributed by atoms with E-state index in [2.05, 4.69) is 15.1 Å². The van der Waals surface area contributed by atoms with Crippen LogP contribution in [0.4, 0.5) is 8.78 Å². The monoisotopic (exact) mass is 408 g/mol. The van der Waals surface area contributed by atoms with Gasteiger partial charge in [-0.15, -0.1) is 0 Å². The number of halogens is 2. The predicted molar refractivity (Wildman–Crippen MR) is 106 cm³/mol. The lowest BCUT2D eigenvalue weighted by Crippen LogP contribution is -2.39. The molecule has 8 heteroatoms. The summed E-state index contributed by atoms with van der Waals surface area (Å²) in [5.74, 6) is -1.28. The molecule has 30 heavy (non-hydrogen) atoms. The molecule has 1 fully saturated rings. The Morgan fingerprint density at radius 2 is 2.03 bits per heavy atom. The van der Waals surface area contributed by atoms with E-state index in [0.29, 0.717) is 24.8 Å². The summed E-state index contributed by atoms with van der Waals surface area (Å²) < 4.78 is 32.7. The Balaban J connectivity index is 1.35. The molecule has 1 aliphatic rings. The number of piperidine rings is 1. The highest BCUT2D eigenvalue weighted by Crippen LogP contribution is 2.29. The summed E-state index contributed by atoms with van der Waals surface area (Å²) in [6.07, 6.45) is 1.51. The van der Waals surface area contributed by atoms with Gasteiger partial charge in [-0.1, -0.05) is 23.4 Å². The minimum absolute atomic E-state index is 0.138. The SMILES string of the molecule is O=C(c1ccc(F)cc1F)N1CCCC(c2nc(-c3cc4ccccc4[nH]3)no2)C1. The number of nitrogens with one attached hydrogen (secondary N) is 1. The van der Waals surface area contributed by atoms with E-state index in [-0.39, 0.29) is 11.5 Å². The van der Waals surface area contributed by atoms with Crippen molar-refractivity contribution in [2.45, 2.75) is 18.8 Å². The van der Waals surface area contributed by atoms with Crippen LogP contribution in [0.15, 0.2) is 53.1 Å². The molecule has 1 N–H and O–H groups in total. The normalized spacial score (nSPS) is 16.9. The minimum atomic E-state index is -0.860. The topological polar surface area (TPSA) is 75.0 Å². The number of benzene rings is 2. The van der Waals surface area contributed by atoms with Crippen LogP contribution in [0.5, 0.6) is 0 Å². The zero-order chi connectivity index (χ0) is 20.7. The van der Waals surface area contributed by atoms with Gasteiger partial charge >= 0.3 is 0 Å². The molecule has 1 saturated heterocycles. The van der Waals surface area contributed by atoms with Gasteiger partial charge in [-0.25, -0.2) is 8.78 Å². The van der Waals surface area contributed by atoms with Gasteiger partial charge in [-0.05, 0) is 37.1 Å². The molecule has 0 saturated carbocycles. The fraction of sp³-hybridized carbons (Fsp3) is 0.227. The summed E-state index contributed by atoms with van der Waals surface area (Å²) >= 11 is 0. The van der Waals surface area contributed by atoms with E-state index in [1.165, 1.54) is 6.07 Å². The summed E-state index contributed by atoms with van der Waals surface area (Å²) in [4.78, 5) is 22.1. The number of H-pyrrole nitrogens is 1. The van der Waals surface area contributed by atoms with Crippen molar-refractivity contribution in [3.63, 3.8) is 0 Å². The molecule has 4 aromatic rings. The Morgan fingerprint density at radius 1 is 1.17 bits per heavy atom. The van der Waals surface area contributed by atoms with Crippen molar-refractivity contribution in [2.75, 3.05) is 13.1 Å². The van der Waals surface area contributed by atoms with Gasteiger partial charge in [0.25, 0.3) is 5.91 Å². The molecule has 1 unspecified atom stereocenters. The fourth-order valence-electron chi connectivity index (χ4n) is 3.90. The predicted octanol–water partition coefficient (Wildman–Crippen LogP) is 4.52. The summed E-state index contributed by atoms with van der Waals surface area (Å²) in [7, 11) is 0. The molecule has 0 aliphatic carbocycles. The maximum absolute atomic E-state index is 14.0. The standard InChI is InChI=1S/C22H18F2N4O2/c23-15-7-8-16(17(24)11-15)22(29)28-9-3-5-14(12-28)21-26-20(27-30-21)19-10-13-4-1-2-6-18(13)25-19/h1-2,4,6-8,10-11,14,25H,3,5,9,12H2. The van der Waals surface area contributed by atoms with Crippen LogP contribution in [0.25, 0.3) is 22.4 Å². The van der Waals surface area contributed by atoms with Gasteiger partial charge in [-0.2, -0.15) is 4.98 Å². The van der Waals surface area contributed by atoms with Crippen molar-refractivity contribution < 1.29 is 18.1 Å². The third-order valence-corrected chi connectivity index (χ3v) is 5.43. The van der Waals surface area contributed by atoms with Gasteiger partial charge in [-0.3, -0.25) is 4.79 Å². The number of rotatable bonds is 3. The molecule has 0 bridgehead atoms. The van der Waals surface area contributed by atoms with Crippen molar-refractivity contribution >= 4 is 16.8 Å². The molecule has 1 amide bonds. The highest BCUT2D eigenvalue weighted by Gasteiger charge is 2.30. The molecule has 1 atom stereocenters. The number of carbonyl (C=O) groups is 1. The van der Waals surface area contributed by atoms with Gasteiger partial charge in [0.1, 0.15) is 11.6 Å². The van der Waals surface area contributed by atoms with Gasteiger partial charge in [0.15, 0.2) is 0 Å². The molecule has 6 nitrogen and oxygen atoms in total. The van der Waals surface area contributed by atoms with Crippen molar-refractivity contribution in [2.24, 2.45) is 0 Å². The number of aromatic nitrogens is 3. The fourth-order valence-corrected chi connectivity index (χ4v) is 3.90. The van der Waals surface area contributed by atoms with Crippen LogP contribution in [-0.4, -0.2) is 39.0 Å². The van der Waals surface area contributed by atoms with E-state index in [0.717, 1.165) is 41.6 Å². The van der Waals surface area contributed by atoms with E-state index in [1.807, 2.05) is 30.3 Å². The molecule has 3 heterocycles. The van der Waals surface area contributed by atoms with Gasteiger partial charge in [0.05, 0.1) is 17.2 Å². The number of carbonyl (C=O) groups excluding carboxylic acids is 1. The van der Waals surface area contributed by atoms with E-state index in [1.54, 1.807) is 4.90 Å². The molecule has 2 aromatic carbocycles. The van der Waals surface area contributed by atoms with E-state index in [4.69, 9.17) is 4.52 Å². The zero-order valence-electron chi connectivity index (χ0n) is 15.9. The number of amides is 1. The molecule has 1 aliphatic heterocycles. The lowest BCUT2D eigenvalue weighted by atomic mass is 9.97. The highest BCUT2D eigenvalue weighted by atomic mass is 19.1. The summed E-state index contributed by atoms with van der Waals surface area (Å²) in [5.41, 5.74) is 1.60. The second kappa shape index (κ2) is 7.37. The van der Waals surface area contributed by atoms with Gasteiger partial charge in [0.2, 0.25) is 11.7 Å². The van der Waals surface area contributed by atoms with Crippen LogP contribution in [0.1, 0.15) is 35.0 Å². The first-order chi connectivity index (χ1) is 14.6. The summed E-state index contributed by atoms with van der Waals surface area (Å²) in [6, 6.07) is 12.8. The summed E-state index contributed by atoms with van der Waals surface area (Å²) in [6.45, 7) is 0.832. The molecular weight excluding hydrogens is 390 g/mol. The number of para-hydroxylation sites is 1. The van der Waals surface area contributed by atoms with Crippen LogP contribution in [-0.2, 0) is 0 Å². The minimum Gasteiger partial charge on any atom is -0.352 e. The van der Waals surface area contributed by atoms with E-state index >= 15 is 0 Å². The number of fused-ring (bicyclic) bond motifs is 1. The average molecular weight is 408 g/mol. The maximum Gasteiger partial charge on any atom is 0.256 e. The Hall–Kier alpha value is -3.55. The molecule has 152 valence electrons. The quantitative estimate of drug-likeness (QED) is 0.541. The zero-order valence-corrected chi connectivity index (χ0v) is 15.9. The number of nitrogens with zero attached hydrogens (tertiary/aromatic N) is 3. The Morgan fingerprint density at radius 3 is 2.87 bits per heavy atom. The number of hydrogen-bond acceptors (Lipinski definition) is 4. The second-order valence-corrected chi connectivity index (χ2v) is 7.44. The maximum atomic E-state index is 14.0. The van der Waals surface area contributed by atoms with Crippen molar-refractivity contribution in [1.29, 1.82) is 0 Å². The van der Waals surface area contributed by atoms with Crippen LogP contribution in [0.3, 0.4) is 0 Å². The van der Waals surface area contributed by atoms with Crippen LogP contribution in [0, 0.1) is 11.6 Å². The molecular formula is C22H18F2N4O2. The summed E-state index contributed by atoms with van der Waals surface area (Å²) in [5, 5.41) is 5.14. The van der Waals surface area contributed by atoms with Crippen LogP contribution < -0.4 is 0 Å². The van der Waals surface area contributed by atoms with E-state index in [9.17, 15) is 13.6 Å². The second-order valence-electron chi connectivity index (χ2n) is 7.44. The first-order valence-corrected chi connectivity index (χ1v) is 9.74. The van der Waals surface area contributed by atoms with Gasteiger partial charge in [0, 0.05) is 30.1 Å². The van der Waals surface area contributed by atoms with Gasteiger partial charge < -0.3 is 14.4 Å². The molecule has 0 spiro atoms. The third-order valence-electron chi connectivity index (χ3n) is 5.43. The Kier molecular flexibility index (Phi) is 4.54. The number of hydrogen-bond donors (Lipinski definition) is 1. The van der Waals surface area contributed by atoms with Crippen LogP contribution in [0.2, 0.25) is 0 Å². The lowest BCUT2D eigenvalue weighted by molar-refractivity contribution is 0.0691.